The average molecular weight is 371 g/mol. The molecule has 0 spiro atoms. The number of hydrogen-bond donors (Lipinski definition) is 2. The minimum Gasteiger partial charge on any atom is -0.357 e. The zero-order valence-corrected chi connectivity index (χ0v) is 17.2. The summed E-state index contributed by atoms with van der Waals surface area (Å²) in [4.78, 5) is 7.37. The molecule has 2 rings (SSSR count). The predicted molar refractivity (Wildman–Crippen MR) is 109 cm³/mol. The molecule has 1 saturated carbocycles. The first-order chi connectivity index (χ1) is 12.1. The van der Waals surface area contributed by atoms with Crippen molar-refractivity contribution in [2.75, 3.05) is 31.9 Å². The quantitative estimate of drug-likeness (QED) is 0.534. The minimum atomic E-state index is -0.672. The van der Waals surface area contributed by atoms with Crippen LogP contribution in [0.3, 0.4) is 0 Å². The van der Waals surface area contributed by atoms with Gasteiger partial charge >= 0.3 is 0 Å². The van der Waals surface area contributed by atoms with Gasteiger partial charge in [-0.3, -0.25) is 14.1 Å². The molecule has 6 heteroatoms. The molecule has 0 aromatic carbocycles. The van der Waals surface area contributed by atoms with E-state index < -0.39 is 10.8 Å². The van der Waals surface area contributed by atoms with Gasteiger partial charge in [0, 0.05) is 47.0 Å². The van der Waals surface area contributed by atoms with Crippen molar-refractivity contribution in [1.29, 1.82) is 0 Å². The van der Waals surface area contributed by atoms with Gasteiger partial charge in [0.1, 0.15) is 0 Å². The molecule has 2 aliphatic rings. The van der Waals surface area contributed by atoms with Gasteiger partial charge in [0.05, 0.1) is 6.54 Å². The number of likely N-dealkylation sites (tertiary alicyclic amines) is 1. The number of piperidine rings is 1. The number of guanidine groups is 1. The third-order valence-electron chi connectivity index (χ3n) is 5.57. The molecule has 4 atom stereocenters. The molecule has 2 N–H and O–H groups in total. The van der Waals surface area contributed by atoms with Crippen LogP contribution in [0.25, 0.3) is 0 Å². The van der Waals surface area contributed by atoms with Gasteiger partial charge in [0.25, 0.3) is 0 Å². The highest BCUT2D eigenvalue weighted by molar-refractivity contribution is 7.85. The summed E-state index contributed by atoms with van der Waals surface area (Å²) in [7, 11) is -0.672. The largest absolute Gasteiger partial charge is 0.357 e. The molecular weight excluding hydrogens is 332 g/mol. The van der Waals surface area contributed by atoms with Crippen molar-refractivity contribution in [3.63, 3.8) is 0 Å². The maximum absolute atomic E-state index is 12.1. The van der Waals surface area contributed by atoms with Gasteiger partial charge in [-0.15, -0.1) is 0 Å². The molecule has 1 aliphatic carbocycles. The Bertz CT molecular complexity index is 443. The highest BCUT2D eigenvalue weighted by Gasteiger charge is 2.26. The monoisotopic (exact) mass is 370 g/mol. The topological polar surface area (TPSA) is 56.7 Å². The van der Waals surface area contributed by atoms with Crippen LogP contribution in [-0.4, -0.2) is 64.3 Å². The smallest absolute Gasteiger partial charge is 0.191 e. The number of rotatable bonds is 7. The van der Waals surface area contributed by atoms with Gasteiger partial charge in [-0.05, 0) is 52.5 Å². The van der Waals surface area contributed by atoms with Crippen molar-refractivity contribution in [3.05, 3.63) is 0 Å². The van der Waals surface area contributed by atoms with E-state index in [-0.39, 0.29) is 0 Å². The maximum atomic E-state index is 12.1. The van der Waals surface area contributed by atoms with Crippen LogP contribution in [0.2, 0.25) is 0 Å². The van der Waals surface area contributed by atoms with E-state index in [0.717, 1.165) is 50.6 Å². The van der Waals surface area contributed by atoms with Gasteiger partial charge in [0.15, 0.2) is 5.96 Å². The lowest BCUT2D eigenvalue weighted by Gasteiger charge is -2.33. The van der Waals surface area contributed by atoms with Gasteiger partial charge in [-0.1, -0.05) is 19.8 Å². The summed E-state index contributed by atoms with van der Waals surface area (Å²) in [6, 6.07) is 1.10. The summed E-state index contributed by atoms with van der Waals surface area (Å²) in [5.41, 5.74) is 0. The SMILES string of the molecule is CCNC(=NCCN1CCCCC1C)NC1CCCC(S(=O)CC)C1. The van der Waals surface area contributed by atoms with E-state index in [4.69, 9.17) is 4.99 Å². The Morgan fingerprint density at radius 2 is 2.04 bits per heavy atom. The molecule has 4 unspecified atom stereocenters. The Balaban J connectivity index is 1.83. The number of nitrogens with zero attached hydrogens (tertiary/aromatic N) is 2. The van der Waals surface area contributed by atoms with Crippen molar-refractivity contribution >= 4 is 16.8 Å². The van der Waals surface area contributed by atoms with E-state index in [0.29, 0.717) is 17.3 Å². The molecular formula is C19H38N4OS. The fourth-order valence-electron chi connectivity index (χ4n) is 4.04. The summed E-state index contributed by atoms with van der Waals surface area (Å²) in [6.07, 6.45) is 8.45. The average Bonchev–Trinajstić information content (AvgIpc) is 2.63. The van der Waals surface area contributed by atoms with Crippen LogP contribution in [0.5, 0.6) is 0 Å². The predicted octanol–water partition coefficient (Wildman–Crippen LogP) is 2.50. The van der Waals surface area contributed by atoms with Crippen LogP contribution in [-0.2, 0) is 10.8 Å². The fourth-order valence-corrected chi connectivity index (χ4v) is 5.39. The molecule has 25 heavy (non-hydrogen) atoms. The summed E-state index contributed by atoms with van der Waals surface area (Å²) in [6.45, 7) is 10.5. The summed E-state index contributed by atoms with van der Waals surface area (Å²) in [5, 5.41) is 7.34. The summed E-state index contributed by atoms with van der Waals surface area (Å²) >= 11 is 0. The Kier molecular flexibility index (Phi) is 9.24. The van der Waals surface area contributed by atoms with Crippen molar-refractivity contribution in [2.45, 2.75) is 83.1 Å². The van der Waals surface area contributed by atoms with Gasteiger partial charge in [-0.2, -0.15) is 0 Å². The molecule has 1 saturated heterocycles. The molecule has 0 amide bonds. The second kappa shape index (κ2) is 11.2. The van der Waals surface area contributed by atoms with Crippen molar-refractivity contribution in [3.8, 4) is 0 Å². The van der Waals surface area contributed by atoms with E-state index in [1.54, 1.807) is 0 Å². The van der Waals surface area contributed by atoms with Crippen LogP contribution >= 0.6 is 0 Å². The van der Waals surface area contributed by atoms with Crippen molar-refractivity contribution in [1.82, 2.24) is 15.5 Å². The standard InChI is InChI=1S/C19H38N4OS/c1-4-20-19(21-12-14-23-13-7-6-9-16(23)3)22-17-10-8-11-18(15-17)25(24)5-2/h16-18H,4-15H2,1-3H3,(H2,20,21,22). The van der Waals surface area contributed by atoms with Crippen LogP contribution in [0.1, 0.15) is 65.7 Å². The molecule has 1 heterocycles. The zero-order chi connectivity index (χ0) is 18.1. The van der Waals surface area contributed by atoms with Gasteiger partial charge in [-0.25, -0.2) is 0 Å². The Labute approximate surface area is 156 Å². The molecule has 146 valence electrons. The van der Waals surface area contributed by atoms with E-state index in [9.17, 15) is 4.21 Å². The summed E-state index contributed by atoms with van der Waals surface area (Å²) < 4.78 is 12.1. The maximum Gasteiger partial charge on any atom is 0.191 e. The molecule has 0 aromatic heterocycles. The minimum absolute atomic E-state index is 0.355. The molecule has 0 bridgehead atoms. The lowest BCUT2D eigenvalue weighted by molar-refractivity contribution is 0.166. The zero-order valence-electron chi connectivity index (χ0n) is 16.4. The Hall–Kier alpha value is -0.620. The molecule has 0 radical (unpaired) electrons. The first kappa shape index (κ1) is 20.7. The lowest BCUT2D eigenvalue weighted by atomic mass is 9.95. The highest BCUT2D eigenvalue weighted by atomic mass is 32.2. The second-order valence-electron chi connectivity index (χ2n) is 7.44. The number of aliphatic imine (C=N–C) groups is 1. The second-order valence-corrected chi connectivity index (χ2v) is 9.45. The fraction of sp³-hybridized carbons (Fsp3) is 0.947. The number of nitrogens with one attached hydrogen (secondary N) is 2. The third-order valence-corrected chi connectivity index (χ3v) is 7.31. The summed E-state index contributed by atoms with van der Waals surface area (Å²) in [5.74, 6) is 1.71. The van der Waals surface area contributed by atoms with Gasteiger partial charge < -0.3 is 10.6 Å². The van der Waals surface area contributed by atoms with E-state index in [1.807, 2.05) is 6.92 Å². The normalized spacial score (nSPS) is 30.0. The number of hydrogen-bond acceptors (Lipinski definition) is 3. The molecule has 0 aromatic rings. The van der Waals surface area contributed by atoms with Crippen LogP contribution in [0, 0.1) is 0 Å². The molecule has 1 aliphatic heterocycles. The van der Waals surface area contributed by atoms with Crippen LogP contribution in [0.4, 0.5) is 0 Å². The lowest BCUT2D eigenvalue weighted by Crippen LogP contribution is -2.47. The van der Waals surface area contributed by atoms with E-state index in [1.165, 1.54) is 32.2 Å². The Morgan fingerprint density at radius 3 is 2.76 bits per heavy atom. The molecule has 5 nitrogen and oxygen atoms in total. The van der Waals surface area contributed by atoms with Crippen molar-refractivity contribution in [2.24, 2.45) is 4.99 Å². The highest BCUT2D eigenvalue weighted by Crippen LogP contribution is 2.23. The first-order valence-corrected chi connectivity index (χ1v) is 11.7. The third kappa shape index (κ3) is 6.89. The first-order valence-electron chi connectivity index (χ1n) is 10.3. The van der Waals surface area contributed by atoms with Crippen molar-refractivity contribution < 1.29 is 4.21 Å². The van der Waals surface area contributed by atoms with Crippen LogP contribution < -0.4 is 10.6 Å². The Morgan fingerprint density at radius 1 is 1.20 bits per heavy atom. The van der Waals surface area contributed by atoms with E-state index >= 15 is 0 Å². The van der Waals surface area contributed by atoms with Gasteiger partial charge in [0.2, 0.25) is 0 Å². The van der Waals surface area contributed by atoms with Crippen LogP contribution in [0.15, 0.2) is 4.99 Å². The molecule has 2 fully saturated rings. The van der Waals surface area contributed by atoms with E-state index in [2.05, 4.69) is 29.4 Å².